The third-order valence-electron chi connectivity index (χ3n) is 5.08. The molecule has 3 N–H and O–H groups in total. The van der Waals surface area contributed by atoms with Crippen molar-refractivity contribution in [1.82, 2.24) is 5.32 Å². The standard InChI is InChI=1S/C24H24N2O4/c1-29-23-12-16(6-9-22(23)30-11-10-27)15-25-24(28)26-19-7-8-21-18(14-19)13-17-4-2-3-5-20(17)21/h2-9,12,14,27H,10-11,13,15H2,1H3,(H2,25,26,28). The van der Waals surface area contributed by atoms with Gasteiger partial charge < -0.3 is 25.2 Å². The number of carbonyl (C=O) groups excluding carboxylic acids is 1. The first kappa shape index (κ1) is 19.8. The maximum atomic E-state index is 12.4. The van der Waals surface area contributed by atoms with Crippen LogP contribution in [0.15, 0.2) is 60.7 Å². The molecule has 2 amide bonds. The number of hydrogen-bond donors (Lipinski definition) is 3. The van der Waals surface area contributed by atoms with Crippen LogP contribution in [0.3, 0.4) is 0 Å². The molecule has 1 aliphatic rings. The maximum absolute atomic E-state index is 12.4. The van der Waals surface area contributed by atoms with Crippen LogP contribution in [0.4, 0.5) is 10.5 Å². The lowest BCUT2D eigenvalue weighted by Crippen LogP contribution is -2.28. The summed E-state index contributed by atoms with van der Waals surface area (Å²) in [5.41, 5.74) is 6.68. The van der Waals surface area contributed by atoms with E-state index >= 15 is 0 Å². The lowest BCUT2D eigenvalue weighted by atomic mass is 10.1. The van der Waals surface area contributed by atoms with Gasteiger partial charge in [-0.3, -0.25) is 0 Å². The monoisotopic (exact) mass is 404 g/mol. The molecule has 3 aromatic carbocycles. The summed E-state index contributed by atoms with van der Waals surface area (Å²) in [4.78, 5) is 12.4. The summed E-state index contributed by atoms with van der Waals surface area (Å²) in [6.07, 6.45) is 0.882. The molecule has 3 aromatic rings. The van der Waals surface area contributed by atoms with E-state index in [1.807, 2.05) is 24.3 Å². The smallest absolute Gasteiger partial charge is 0.319 e. The van der Waals surface area contributed by atoms with Crippen LogP contribution >= 0.6 is 0 Å². The van der Waals surface area contributed by atoms with Gasteiger partial charge in [-0.1, -0.05) is 36.4 Å². The normalized spacial score (nSPS) is 11.4. The molecule has 0 aromatic heterocycles. The number of benzene rings is 3. The van der Waals surface area contributed by atoms with Crippen LogP contribution in [0, 0.1) is 0 Å². The topological polar surface area (TPSA) is 79.8 Å². The highest BCUT2D eigenvalue weighted by molar-refractivity contribution is 5.90. The molecular weight excluding hydrogens is 380 g/mol. The number of aliphatic hydroxyl groups excluding tert-OH is 1. The van der Waals surface area contributed by atoms with Gasteiger partial charge in [0.2, 0.25) is 0 Å². The van der Waals surface area contributed by atoms with E-state index in [0.717, 1.165) is 17.7 Å². The van der Waals surface area contributed by atoms with Gasteiger partial charge >= 0.3 is 6.03 Å². The van der Waals surface area contributed by atoms with Crippen LogP contribution < -0.4 is 20.1 Å². The Hall–Kier alpha value is -3.51. The van der Waals surface area contributed by atoms with E-state index in [2.05, 4.69) is 34.9 Å². The number of aliphatic hydroxyl groups is 1. The molecule has 0 radical (unpaired) electrons. The van der Waals surface area contributed by atoms with Gasteiger partial charge in [-0.2, -0.15) is 0 Å². The highest BCUT2D eigenvalue weighted by atomic mass is 16.5. The van der Waals surface area contributed by atoms with Gasteiger partial charge in [0.15, 0.2) is 11.5 Å². The number of urea groups is 1. The van der Waals surface area contributed by atoms with Crippen molar-refractivity contribution in [3.8, 4) is 22.6 Å². The van der Waals surface area contributed by atoms with Crippen LogP contribution in [0.5, 0.6) is 11.5 Å². The quantitative estimate of drug-likeness (QED) is 0.436. The van der Waals surface area contributed by atoms with E-state index in [0.29, 0.717) is 18.0 Å². The molecule has 0 spiro atoms. The fourth-order valence-electron chi connectivity index (χ4n) is 3.68. The molecule has 4 rings (SSSR count). The molecule has 0 atom stereocenters. The van der Waals surface area contributed by atoms with Crippen molar-refractivity contribution in [1.29, 1.82) is 0 Å². The van der Waals surface area contributed by atoms with Crippen molar-refractivity contribution in [3.63, 3.8) is 0 Å². The number of ether oxygens (including phenoxy) is 2. The summed E-state index contributed by atoms with van der Waals surface area (Å²) in [5, 5.41) is 14.7. The lowest BCUT2D eigenvalue weighted by Gasteiger charge is -2.12. The Labute approximate surface area is 175 Å². The van der Waals surface area contributed by atoms with Crippen molar-refractivity contribution >= 4 is 11.7 Å². The van der Waals surface area contributed by atoms with Crippen molar-refractivity contribution in [2.75, 3.05) is 25.6 Å². The minimum atomic E-state index is -0.273. The second kappa shape index (κ2) is 8.88. The second-order valence-corrected chi connectivity index (χ2v) is 7.07. The van der Waals surface area contributed by atoms with Crippen LogP contribution in [0.1, 0.15) is 16.7 Å². The number of amides is 2. The number of nitrogens with one attached hydrogen (secondary N) is 2. The third-order valence-corrected chi connectivity index (χ3v) is 5.08. The predicted molar refractivity (Wildman–Crippen MR) is 116 cm³/mol. The lowest BCUT2D eigenvalue weighted by molar-refractivity contribution is 0.196. The molecule has 0 fully saturated rings. The highest BCUT2D eigenvalue weighted by Crippen LogP contribution is 2.37. The Morgan fingerprint density at radius 1 is 1.00 bits per heavy atom. The molecule has 6 heteroatoms. The molecule has 0 saturated heterocycles. The Balaban J connectivity index is 1.36. The number of methoxy groups -OCH3 is 1. The molecule has 0 heterocycles. The van der Waals surface area contributed by atoms with Crippen molar-refractivity contribution < 1.29 is 19.4 Å². The van der Waals surface area contributed by atoms with E-state index in [1.54, 1.807) is 19.2 Å². The summed E-state index contributed by atoms with van der Waals surface area (Å²) in [6, 6.07) is 19.5. The highest BCUT2D eigenvalue weighted by Gasteiger charge is 2.18. The van der Waals surface area contributed by atoms with Crippen molar-refractivity contribution in [2.45, 2.75) is 13.0 Å². The second-order valence-electron chi connectivity index (χ2n) is 7.07. The molecular formula is C24H24N2O4. The van der Waals surface area contributed by atoms with E-state index in [4.69, 9.17) is 14.6 Å². The molecule has 0 bridgehead atoms. The molecule has 30 heavy (non-hydrogen) atoms. The Kier molecular flexibility index (Phi) is 5.86. The average Bonchev–Trinajstić information content (AvgIpc) is 3.14. The largest absolute Gasteiger partial charge is 0.493 e. The van der Waals surface area contributed by atoms with E-state index in [9.17, 15) is 4.79 Å². The number of fused-ring (bicyclic) bond motifs is 3. The van der Waals surface area contributed by atoms with Gasteiger partial charge in [0.1, 0.15) is 6.61 Å². The van der Waals surface area contributed by atoms with Crippen LogP contribution in [0.2, 0.25) is 0 Å². The zero-order chi connectivity index (χ0) is 20.9. The predicted octanol–water partition coefficient (Wildman–Crippen LogP) is 3.96. The third kappa shape index (κ3) is 4.23. The molecule has 0 unspecified atom stereocenters. The fraction of sp³-hybridized carbons (Fsp3) is 0.208. The first-order chi connectivity index (χ1) is 14.7. The van der Waals surface area contributed by atoms with E-state index < -0.39 is 0 Å². The number of carbonyl (C=O) groups is 1. The van der Waals surface area contributed by atoms with Gasteiger partial charge in [-0.25, -0.2) is 4.79 Å². The number of anilines is 1. The summed E-state index contributed by atoms with van der Waals surface area (Å²) in [5.74, 6) is 1.11. The van der Waals surface area contributed by atoms with Gasteiger partial charge in [0.25, 0.3) is 0 Å². The minimum absolute atomic E-state index is 0.0680. The molecule has 1 aliphatic carbocycles. The Bertz CT molecular complexity index is 1060. The summed E-state index contributed by atoms with van der Waals surface area (Å²) in [6.45, 7) is 0.475. The van der Waals surface area contributed by atoms with E-state index in [1.165, 1.54) is 22.3 Å². The Morgan fingerprint density at radius 3 is 2.67 bits per heavy atom. The van der Waals surface area contributed by atoms with Gasteiger partial charge in [0, 0.05) is 12.2 Å². The van der Waals surface area contributed by atoms with Gasteiger partial charge in [-0.05, 0) is 58.5 Å². The zero-order valence-electron chi connectivity index (χ0n) is 16.8. The zero-order valence-corrected chi connectivity index (χ0v) is 16.8. The molecule has 154 valence electrons. The van der Waals surface area contributed by atoms with Crippen molar-refractivity contribution in [2.24, 2.45) is 0 Å². The fourth-order valence-corrected chi connectivity index (χ4v) is 3.68. The molecule has 0 saturated carbocycles. The Morgan fingerprint density at radius 2 is 1.83 bits per heavy atom. The number of hydrogen-bond acceptors (Lipinski definition) is 4. The molecule has 6 nitrogen and oxygen atoms in total. The summed E-state index contributed by atoms with van der Waals surface area (Å²) >= 11 is 0. The SMILES string of the molecule is COc1cc(CNC(=O)Nc2ccc3c(c2)Cc2ccccc2-3)ccc1OCCO. The number of rotatable bonds is 7. The summed E-state index contributed by atoms with van der Waals surface area (Å²) < 4.78 is 10.7. The van der Waals surface area contributed by atoms with Crippen LogP contribution in [-0.2, 0) is 13.0 Å². The summed E-state index contributed by atoms with van der Waals surface area (Å²) in [7, 11) is 1.55. The minimum Gasteiger partial charge on any atom is -0.493 e. The van der Waals surface area contributed by atoms with Crippen LogP contribution in [0.25, 0.3) is 11.1 Å². The molecule has 0 aliphatic heterocycles. The first-order valence-corrected chi connectivity index (χ1v) is 9.84. The van der Waals surface area contributed by atoms with Crippen molar-refractivity contribution in [3.05, 3.63) is 77.4 Å². The first-order valence-electron chi connectivity index (χ1n) is 9.84. The van der Waals surface area contributed by atoms with Crippen LogP contribution in [-0.4, -0.2) is 31.5 Å². The van der Waals surface area contributed by atoms with Gasteiger partial charge in [-0.15, -0.1) is 0 Å². The van der Waals surface area contributed by atoms with E-state index in [-0.39, 0.29) is 19.2 Å². The van der Waals surface area contributed by atoms with Gasteiger partial charge in [0.05, 0.1) is 13.7 Å². The average molecular weight is 404 g/mol. The maximum Gasteiger partial charge on any atom is 0.319 e.